The Morgan fingerprint density at radius 1 is 1.09 bits per heavy atom. The molecule has 0 bridgehead atoms. The molecule has 1 saturated carbocycles. The summed E-state index contributed by atoms with van der Waals surface area (Å²) in [4.78, 5) is 15.3. The molecule has 8 heteroatoms. The van der Waals surface area contributed by atoms with Crippen molar-refractivity contribution in [1.29, 1.82) is 0 Å². The molecule has 176 valence electrons. The van der Waals surface area contributed by atoms with Gasteiger partial charge in [-0.15, -0.1) is 5.10 Å². The van der Waals surface area contributed by atoms with Crippen LogP contribution in [0.2, 0.25) is 10.0 Å². The molecule has 4 aromatic rings. The highest BCUT2D eigenvalue weighted by atomic mass is 35.5. The van der Waals surface area contributed by atoms with Crippen LogP contribution in [0.15, 0.2) is 60.8 Å². The topological polar surface area (TPSA) is 78.9 Å². The second-order valence-electron chi connectivity index (χ2n) is 8.46. The van der Waals surface area contributed by atoms with Gasteiger partial charge in [-0.3, -0.25) is 10.1 Å². The van der Waals surface area contributed by atoms with Gasteiger partial charge < -0.3 is 5.11 Å². The van der Waals surface area contributed by atoms with E-state index in [-0.39, 0.29) is 5.92 Å². The number of aromatic nitrogens is 3. The van der Waals surface area contributed by atoms with E-state index in [1.807, 2.05) is 24.3 Å². The molecule has 1 fully saturated rings. The number of fused-ring (bicyclic) bond motifs is 1. The smallest absolute Gasteiger partial charge is 0.328 e. The summed E-state index contributed by atoms with van der Waals surface area (Å²) in [7, 11) is 0. The molecule has 1 aliphatic rings. The van der Waals surface area contributed by atoms with Gasteiger partial charge in [0.25, 0.3) is 0 Å². The number of halogens is 3. The molecule has 0 saturated heterocycles. The number of nitrogens with one attached hydrogen (secondary N) is 1. The summed E-state index contributed by atoms with van der Waals surface area (Å²) in [6, 6.07) is 14.6. The number of pyridine rings is 1. The molecule has 5 nitrogen and oxygen atoms in total. The number of allylic oxidation sites excluding steroid dienone is 1. The highest BCUT2D eigenvalue weighted by Crippen LogP contribution is 2.47. The van der Waals surface area contributed by atoms with Gasteiger partial charge in [-0.2, -0.15) is 4.39 Å². The molecule has 0 atom stereocenters. The SMILES string of the molecule is O=C(O)/C=C/c1ccc(/C(=C(\c2ccc(Cl)cc2Cl)C2CCC2)c2ccc3[nH]nc(F)c3c2)cn1. The summed E-state index contributed by atoms with van der Waals surface area (Å²) < 4.78 is 14.4. The fraction of sp³-hybridized carbons (Fsp3) is 0.148. The minimum absolute atomic E-state index is 0.264. The molecule has 5 rings (SSSR count). The largest absolute Gasteiger partial charge is 0.478 e. The molecule has 35 heavy (non-hydrogen) atoms. The lowest BCUT2D eigenvalue weighted by atomic mass is 9.73. The Bertz CT molecular complexity index is 1490. The Hall–Kier alpha value is -3.48. The van der Waals surface area contributed by atoms with Gasteiger partial charge >= 0.3 is 5.97 Å². The average molecular weight is 508 g/mol. The van der Waals surface area contributed by atoms with Crippen LogP contribution in [-0.2, 0) is 4.79 Å². The van der Waals surface area contributed by atoms with Crippen molar-refractivity contribution in [3.05, 3.63) is 99.2 Å². The Morgan fingerprint density at radius 3 is 2.54 bits per heavy atom. The summed E-state index contributed by atoms with van der Waals surface area (Å²) in [6.07, 6.45) is 7.31. The summed E-state index contributed by atoms with van der Waals surface area (Å²) in [5.74, 6) is -1.35. The molecule has 0 unspecified atom stereocenters. The van der Waals surface area contributed by atoms with E-state index >= 15 is 0 Å². The summed E-state index contributed by atoms with van der Waals surface area (Å²) in [5, 5.41) is 16.8. The molecule has 2 heterocycles. The van der Waals surface area contributed by atoms with Gasteiger partial charge in [-0.25, -0.2) is 4.79 Å². The van der Waals surface area contributed by atoms with Crippen LogP contribution in [0.25, 0.3) is 28.1 Å². The molecule has 2 aromatic heterocycles. The number of benzene rings is 2. The summed E-state index contributed by atoms with van der Waals surface area (Å²) in [5.41, 5.74) is 5.56. The van der Waals surface area contributed by atoms with Crippen molar-refractivity contribution < 1.29 is 14.3 Å². The molecule has 0 aliphatic heterocycles. The van der Waals surface area contributed by atoms with Crippen LogP contribution in [0.3, 0.4) is 0 Å². The Morgan fingerprint density at radius 2 is 1.89 bits per heavy atom. The van der Waals surface area contributed by atoms with E-state index in [9.17, 15) is 9.18 Å². The number of hydrogen-bond acceptors (Lipinski definition) is 3. The zero-order valence-corrected chi connectivity index (χ0v) is 19.9. The maximum absolute atomic E-state index is 14.4. The van der Waals surface area contributed by atoms with Crippen molar-refractivity contribution in [3.63, 3.8) is 0 Å². The van der Waals surface area contributed by atoms with Crippen LogP contribution >= 0.6 is 23.2 Å². The van der Waals surface area contributed by atoms with Crippen LogP contribution in [0.1, 0.15) is 41.6 Å². The number of rotatable bonds is 6. The zero-order chi connectivity index (χ0) is 24.5. The number of carbonyl (C=O) groups is 1. The summed E-state index contributed by atoms with van der Waals surface area (Å²) >= 11 is 12.9. The van der Waals surface area contributed by atoms with Crippen LogP contribution in [0, 0.1) is 11.9 Å². The zero-order valence-electron chi connectivity index (χ0n) is 18.4. The van der Waals surface area contributed by atoms with Crippen LogP contribution < -0.4 is 0 Å². The second-order valence-corrected chi connectivity index (χ2v) is 9.30. The lowest BCUT2D eigenvalue weighted by molar-refractivity contribution is -0.131. The molecular weight excluding hydrogens is 488 g/mol. The maximum Gasteiger partial charge on any atom is 0.328 e. The van der Waals surface area contributed by atoms with E-state index in [0.717, 1.165) is 53.2 Å². The maximum atomic E-state index is 14.4. The second kappa shape index (κ2) is 9.64. The third kappa shape index (κ3) is 4.72. The number of H-pyrrole nitrogens is 1. The van der Waals surface area contributed by atoms with E-state index in [4.69, 9.17) is 28.3 Å². The van der Waals surface area contributed by atoms with Gasteiger partial charge in [-0.1, -0.05) is 47.8 Å². The predicted molar refractivity (Wildman–Crippen MR) is 137 cm³/mol. The lowest BCUT2D eigenvalue weighted by Crippen LogP contribution is -2.15. The van der Waals surface area contributed by atoms with Crippen molar-refractivity contribution in [2.24, 2.45) is 5.92 Å². The average Bonchev–Trinajstić information content (AvgIpc) is 3.17. The van der Waals surface area contributed by atoms with Gasteiger partial charge in [0.1, 0.15) is 0 Å². The fourth-order valence-corrected chi connectivity index (χ4v) is 4.90. The quantitative estimate of drug-likeness (QED) is 0.212. The van der Waals surface area contributed by atoms with E-state index in [1.165, 1.54) is 6.08 Å². The van der Waals surface area contributed by atoms with Crippen molar-refractivity contribution in [1.82, 2.24) is 15.2 Å². The number of nitrogens with zero attached hydrogens (tertiary/aromatic N) is 2. The van der Waals surface area contributed by atoms with E-state index in [2.05, 4.69) is 15.2 Å². The first-order valence-electron chi connectivity index (χ1n) is 11.1. The molecular formula is C27H20Cl2FN3O2. The van der Waals surface area contributed by atoms with Gasteiger partial charge in [0.15, 0.2) is 0 Å². The van der Waals surface area contributed by atoms with E-state index in [0.29, 0.717) is 26.6 Å². The first-order chi connectivity index (χ1) is 16.9. The molecule has 2 N–H and O–H groups in total. The minimum atomic E-state index is -1.04. The highest BCUT2D eigenvalue weighted by Gasteiger charge is 2.29. The van der Waals surface area contributed by atoms with Gasteiger partial charge in [-0.05, 0) is 77.4 Å². The first kappa shape index (κ1) is 23.3. The van der Waals surface area contributed by atoms with Gasteiger partial charge in [0.2, 0.25) is 5.95 Å². The van der Waals surface area contributed by atoms with Crippen molar-refractivity contribution in [3.8, 4) is 0 Å². The van der Waals surface area contributed by atoms with Crippen LogP contribution in [0.5, 0.6) is 0 Å². The molecule has 0 amide bonds. The monoisotopic (exact) mass is 507 g/mol. The number of carboxylic acid groups (broad SMARTS) is 1. The Balaban J connectivity index is 1.76. The lowest BCUT2D eigenvalue weighted by Gasteiger charge is -2.32. The third-order valence-electron chi connectivity index (χ3n) is 6.28. The first-order valence-corrected chi connectivity index (χ1v) is 11.9. The molecule has 2 aromatic carbocycles. The van der Waals surface area contributed by atoms with Gasteiger partial charge in [0.05, 0.1) is 16.6 Å². The number of carboxylic acids is 1. The normalized spacial score (nSPS) is 14.8. The predicted octanol–water partition coefficient (Wildman–Crippen LogP) is 7.26. The summed E-state index contributed by atoms with van der Waals surface area (Å²) in [6.45, 7) is 0. The highest BCUT2D eigenvalue weighted by molar-refractivity contribution is 6.36. The third-order valence-corrected chi connectivity index (χ3v) is 6.83. The van der Waals surface area contributed by atoms with Crippen molar-refractivity contribution in [2.45, 2.75) is 19.3 Å². The van der Waals surface area contributed by atoms with Crippen molar-refractivity contribution >= 4 is 57.3 Å². The Labute approximate surface area is 210 Å². The fourth-order valence-electron chi connectivity index (χ4n) is 4.39. The number of hydrogen-bond donors (Lipinski definition) is 2. The van der Waals surface area contributed by atoms with E-state index < -0.39 is 11.9 Å². The van der Waals surface area contributed by atoms with E-state index in [1.54, 1.807) is 30.5 Å². The van der Waals surface area contributed by atoms with Gasteiger partial charge in [0, 0.05) is 27.9 Å². The number of aliphatic carboxylic acids is 1. The standard InChI is InChI=1S/C27H20Cl2FN3O2/c28-18-6-9-20(22(29)13-18)26(15-2-1-3-15)25(16-5-10-23-21(12-16)27(30)33-32-23)17-4-7-19(31-14-17)8-11-24(34)35/h4-15H,1-3H2,(H,32,33)(H,34,35)/b11-8+,26-25-. The number of aromatic amines is 1. The Kier molecular flexibility index (Phi) is 6.41. The molecule has 0 spiro atoms. The van der Waals surface area contributed by atoms with Crippen molar-refractivity contribution in [2.75, 3.05) is 0 Å². The van der Waals surface area contributed by atoms with Crippen LogP contribution in [0.4, 0.5) is 4.39 Å². The van der Waals surface area contributed by atoms with Crippen LogP contribution in [-0.4, -0.2) is 26.3 Å². The molecule has 1 aliphatic carbocycles. The molecule has 0 radical (unpaired) electrons. The minimum Gasteiger partial charge on any atom is -0.478 e.